The van der Waals surface area contributed by atoms with E-state index in [-0.39, 0.29) is 17.5 Å². The average molecular weight is 229 g/mol. The van der Waals surface area contributed by atoms with Crippen LogP contribution in [-0.2, 0) is 0 Å². The van der Waals surface area contributed by atoms with Crippen molar-refractivity contribution in [2.24, 2.45) is 0 Å². The fourth-order valence-electron chi connectivity index (χ4n) is 1.74. The summed E-state index contributed by atoms with van der Waals surface area (Å²) in [6.45, 7) is 1.97. The van der Waals surface area contributed by atoms with Crippen molar-refractivity contribution in [1.29, 1.82) is 0 Å². The van der Waals surface area contributed by atoms with Crippen molar-refractivity contribution >= 4 is 5.69 Å². The van der Waals surface area contributed by atoms with Gasteiger partial charge in [0.25, 0.3) is 0 Å². The molecular formula is C14H15NO2. The standard InChI is InChI=1S/C14H15NO2/c1-10(15-12-5-3-2-4-6-12)11-7-13(16)9-14(17)8-11/h2-10,15-17H,1H3. The van der Waals surface area contributed by atoms with Crippen LogP contribution in [0.1, 0.15) is 18.5 Å². The lowest BCUT2D eigenvalue weighted by atomic mass is 10.1. The highest BCUT2D eigenvalue weighted by Crippen LogP contribution is 2.26. The topological polar surface area (TPSA) is 52.5 Å². The molecule has 0 saturated carbocycles. The molecule has 17 heavy (non-hydrogen) atoms. The van der Waals surface area contributed by atoms with Gasteiger partial charge in [-0.05, 0) is 36.8 Å². The first-order valence-corrected chi connectivity index (χ1v) is 5.49. The molecule has 0 aliphatic heterocycles. The molecule has 3 N–H and O–H groups in total. The van der Waals surface area contributed by atoms with Gasteiger partial charge >= 0.3 is 0 Å². The first-order chi connectivity index (χ1) is 8.15. The molecule has 0 saturated heterocycles. The zero-order chi connectivity index (χ0) is 12.3. The Hall–Kier alpha value is -2.16. The molecule has 0 bridgehead atoms. The predicted molar refractivity (Wildman–Crippen MR) is 68.3 cm³/mol. The van der Waals surface area contributed by atoms with Crippen molar-refractivity contribution < 1.29 is 10.2 Å². The molecule has 3 heteroatoms. The number of phenolic OH excluding ortho intramolecular Hbond substituents is 2. The summed E-state index contributed by atoms with van der Waals surface area (Å²) in [5, 5.41) is 22.1. The summed E-state index contributed by atoms with van der Waals surface area (Å²) in [6, 6.07) is 14.4. The Morgan fingerprint density at radius 3 is 2.12 bits per heavy atom. The van der Waals surface area contributed by atoms with Crippen molar-refractivity contribution in [3.63, 3.8) is 0 Å². The number of anilines is 1. The van der Waals surface area contributed by atoms with Gasteiger partial charge in [0.1, 0.15) is 11.5 Å². The molecule has 0 spiro atoms. The monoisotopic (exact) mass is 229 g/mol. The molecule has 0 fully saturated rings. The molecule has 1 atom stereocenters. The fourth-order valence-corrected chi connectivity index (χ4v) is 1.74. The van der Waals surface area contributed by atoms with Gasteiger partial charge in [-0.2, -0.15) is 0 Å². The Labute approximate surface area is 100 Å². The molecule has 2 aromatic rings. The molecule has 2 rings (SSSR count). The molecule has 2 aromatic carbocycles. The minimum atomic E-state index is 0.00963. The normalized spacial score (nSPS) is 12.1. The molecule has 0 radical (unpaired) electrons. The predicted octanol–water partition coefficient (Wildman–Crippen LogP) is 3.27. The summed E-state index contributed by atoms with van der Waals surface area (Å²) in [5.41, 5.74) is 1.84. The number of hydrogen-bond acceptors (Lipinski definition) is 3. The summed E-state index contributed by atoms with van der Waals surface area (Å²) in [7, 11) is 0. The molecule has 0 heterocycles. The van der Waals surface area contributed by atoms with Crippen LogP contribution >= 0.6 is 0 Å². The summed E-state index contributed by atoms with van der Waals surface area (Å²) in [6.07, 6.45) is 0. The second-order valence-corrected chi connectivity index (χ2v) is 4.01. The third-order valence-electron chi connectivity index (χ3n) is 2.58. The van der Waals surface area contributed by atoms with Crippen LogP contribution in [0.3, 0.4) is 0 Å². The average Bonchev–Trinajstić information content (AvgIpc) is 2.29. The zero-order valence-electron chi connectivity index (χ0n) is 9.59. The van der Waals surface area contributed by atoms with Gasteiger partial charge in [0.05, 0.1) is 0 Å². The van der Waals surface area contributed by atoms with Crippen molar-refractivity contribution in [1.82, 2.24) is 0 Å². The summed E-state index contributed by atoms with van der Waals surface area (Å²) >= 11 is 0. The van der Waals surface area contributed by atoms with Crippen LogP contribution in [0.2, 0.25) is 0 Å². The highest BCUT2D eigenvalue weighted by molar-refractivity contribution is 5.46. The lowest BCUT2D eigenvalue weighted by Gasteiger charge is -2.16. The van der Waals surface area contributed by atoms with Gasteiger partial charge in [0, 0.05) is 17.8 Å². The van der Waals surface area contributed by atoms with E-state index in [1.807, 2.05) is 37.3 Å². The van der Waals surface area contributed by atoms with Crippen molar-refractivity contribution in [3.8, 4) is 11.5 Å². The zero-order valence-corrected chi connectivity index (χ0v) is 9.59. The second kappa shape index (κ2) is 4.78. The van der Waals surface area contributed by atoms with E-state index >= 15 is 0 Å². The van der Waals surface area contributed by atoms with E-state index in [0.717, 1.165) is 11.3 Å². The Bertz CT molecular complexity index is 477. The summed E-state index contributed by atoms with van der Waals surface area (Å²) in [4.78, 5) is 0. The quantitative estimate of drug-likeness (QED) is 0.757. The van der Waals surface area contributed by atoms with Crippen molar-refractivity contribution in [2.75, 3.05) is 5.32 Å². The number of nitrogens with one attached hydrogen (secondary N) is 1. The van der Waals surface area contributed by atoms with Crippen LogP contribution in [0.4, 0.5) is 5.69 Å². The van der Waals surface area contributed by atoms with Crippen LogP contribution in [-0.4, -0.2) is 10.2 Å². The Kier molecular flexibility index (Phi) is 3.19. The first-order valence-electron chi connectivity index (χ1n) is 5.49. The second-order valence-electron chi connectivity index (χ2n) is 4.01. The number of benzene rings is 2. The highest BCUT2D eigenvalue weighted by Gasteiger charge is 2.07. The molecule has 3 nitrogen and oxygen atoms in total. The van der Waals surface area contributed by atoms with E-state index in [1.165, 1.54) is 6.07 Å². The van der Waals surface area contributed by atoms with Crippen LogP contribution in [0.25, 0.3) is 0 Å². The third-order valence-corrected chi connectivity index (χ3v) is 2.58. The van der Waals surface area contributed by atoms with E-state index in [4.69, 9.17) is 0 Å². The molecule has 0 aliphatic rings. The lowest BCUT2D eigenvalue weighted by Crippen LogP contribution is -2.06. The smallest absolute Gasteiger partial charge is 0.119 e. The molecule has 0 amide bonds. The maximum atomic E-state index is 9.42. The summed E-state index contributed by atoms with van der Waals surface area (Å²) in [5.74, 6) is 0.142. The maximum Gasteiger partial charge on any atom is 0.119 e. The largest absolute Gasteiger partial charge is 0.508 e. The lowest BCUT2D eigenvalue weighted by molar-refractivity contribution is 0.448. The molecule has 88 valence electrons. The van der Waals surface area contributed by atoms with Gasteiger partial charge in [-0.3, -0.25) is 0 Å². The van der Waals surface area contributed by atoms with Gasteiger partial charge in [-0.1, -0.05) is 18.2 Å². The van der Waals surface area contributed by atoms with Gasteiger partial charge in [0.2, 0.25) is 0 Å². The van der Waals surface area contributed by atoms with E-state index in [2.05, 4.69) is 5.32 Å². The van der Waals surface area contributed by atoms with Crippen molar-refractivity contribution in [2.45, 2.75) is 13.0 Å². The molecule has 1 unspecified atom stereocenters. The Balaban J connectivity index is 2.17. The Morgan fingerprint density at radius 2 is 1.53 bits per heavy atom. The van der Waals surface area contributed by atoms with Crippen LogP contribution in [0.15, 0.2) is 48.5 Å². The van der Waals surface area contributed by atoms with Gasteiger partial charge in [-0.15, -0.1) is 0 Å². The number of para-hydroxylation sites is 1. The fraction of sp³-hybridized carbons (Fsp3) is 0.143. The van der Waals surface area contributed by atoms with E-state index < -0.39 is 0 Å². The third kappa shape index (κ3) is 2.91. The van der Waals surface area contributed by atoms with Gasteiger partial charge in [-0.25, -0.2) is 0 Å². The summed E-state index contributed by atoms with van der Waals surface area (Å²) < 4.78 is 0. The molecule has 0 aromatic heterocycles. The number of hydrogen-bond donors (Lipinski definition) is 3. The van der Waals surface area contributed by atoms with Crippen LogP contribution in [0.5, 0.6) is 11.5 Å². The maximum absolute atomic E-state index is 9.42. The first kappa shape index (κ1) is 11.3. The van der Waals surface area contributed by atoms with E-state index in [0.29, 0.717) is 0 Å². The van der Waals surface area contributed by atoms with Crippen molar-refractivity contribution in [3.05, 3.63) is 54.1 Å². The SMILES string of the molecule is CC(Nc1ccccc1)c1cc(O)cc(O)c1. The Morgan fingerprint density at radius 1 is 0.941 bits per heavy atom. The van der Waals surface area contributed by atoms with Gasteiger partial charge < -0.3 is 15.5 Å². The molecule has 0 aliphatic carbocycles. The van der Waals surface area contributed by atoms with Gasteiger partial charge in [0.15, 0.2) is 0 Å². The number of rotatable bonds is 3. The number of phenols is 2. The minimum absolute atomic E-state index is 0.00963. The minimum Gasteiger partial charge on any atom is -0.508 e. The van der Waals surface area contributed by atoms with E-state index in [9.17, 15) is 10.2 Å². The van der Waals surface area contributed by atoms with Crippen LogP contribution in [0, 0.1) is 0 Å². The highest BCUT2D eigenvalue weighted by atomic mass is 16.3. The van der Waals surface area contributed by atoms with Crippen LogP contribution < -0.4 is 5.32 Å². The van der Waals surface area contributed by atoms with E-state index in [1.54, 1.807) is 12.1 Å². The molecular weight excluding hydrogens is 214 g/mol. The number of aromatic hydroxyl groups is 2.